The highest BCUT2D eigenvalue weighted by Crippen LogP contribution is 2.31. The molecule has 77 heavy (non-hydrogen) atoms. The lowest BCUT2D eigenvalue weighted by atomic mass is 9.83. The van der Waals surface area contributed by atoms with E-state index in [2.05, 4.69) is 10.6 Å². The summed E-state index contributed by atoms with van der Waals surface area (Å²) in [4.78, 5) is 111. The standard InChI is InChI=1S/C58H97N5O14/c1-16-39(8)54(62(13)58(72)45(37(4)5)32-48(65)53(38(6)7)61(11)12)50(73-14)33-51(67)63-25-17-18-47(63)55(74-15)41(10)57(71)60-46(30-36(2)3)49(66)35-77-34-42-19-21-43(22-20-42)59-56(70)40(9)31-44(64)23-26-75-28-29-76-27-24-52(68)69/h19-22,36-41,45-47,50,53-55H,16-18,23-35H2,1-15H3,(H,59,70)(H,60,71)(H,68,69)/t39-,40-,41+,45-,46-,47-,50+,53-,54-,55+/m0/s1. The lowest BCUT2D eigenvalue weighted by Crippen LogP contribution is -2.55. The predicted octanol–water partition coefficient (Wildman–Crippen LogP) is 6.47. The topological polar surface area (TPSA) is 237 Å². The van der Waals surface area contributed by atoms with E-state index in [1.54, 1.807) is 62.1 Å². The Balaban J connectivity index is 2.05. The number of ketones is 3. The fraction of sp³-hybridized carbons (Fsp3) is 0.759. The summed E-state index contributed by atoms with van der Waals surface area (Å²) in [6.45, 7) is 20.4. The number of ether oxygens (including phenoxy) is 5. The number of Topliss-reactive ketones (excluding diaryl/α,β-unsaturated/α-hetero) is 3. The fourth-order valence-electron chi connectivity index (χ4n) is 10.3. The van der Waals surface area contributed by atoms with Crippen LogP contribution in [-0.2, 0) is 68.6 Å². The first-order valence-corrected chi connectivity index (χ1v) is 27.8. The monoisotopic (exact) mass is 1090 g/mol. The molecule has 0 unspecified atom stereocenters. The molecule has 438 valence electrons. The van der Waals surface area contributed by atoms with Gasteiger partial charge in [0.05, 0.1) is 88.2 Å². The van der Waals surface area contributed by atoms with Gasteiger partial charge in [-0.25, -0.2) is 0 Å². The van der Waals surface area contributed by atoms with Crippen molar-refractivity contribution in [2.75, 3.05) is 80.3 Å². The number of rotatable bonds is 39. The number of nitrogens with one attached hydrogen (secondary N) is 2. The number of anilines is 1. The summed E-state index contributed by atoms with van der Waals surface area (Å²) in [7, 11) is 8.60. The summed E-state index contributed by atoms with van der Waals surface area (Å²) >= 11 is 0. The Morgan fingerprint density at radius 3 is 1.91 bits per heavy atom. The molecule has 3 N–H and O–H groups in total. The van der Waals surface area contributed by atoms with Crippen molar-refractivity contribution in [3.63, 3.8) is 0 Å². The van der Waals surface area contributed by atoms with E-state index < -0.39 is 54.1 Å². The van der Waals surface area contributed by atoms with Crippen molar-refractivity contribution >= 4 is 52.6 Å². The van der Waals surface area contributed by atoms with Gasteiger partial charge >= 0.3 is 5.97 Å². The molecule has 1 fully saturated rings. The number of hydrogen-bond acceptors (Lipinski definition) is 14. The zero-order chi connectivity index (χ0) is 58.1. The van der Waals surface area contributed by atoms with Gasteiger partial charge in [-0.2, -0.15) is 0 Å². The fourth-order valence-corrected chi connectivity index (χ4v) is 10.3. The summed E-state index contributed by atoms with van der Waals surface area (Å²) in [5, 5.41) is 14.4. The number of carboxylic acids is 1. The van der Waals surface area contributed by atoms with Gasteiger partial charge in [0.25, 0.3) is 0 Å². The van der Waals surface area contributed by atoms with Gasteiger partial charge in [0.2, 0.25) is 23.6 Å². The SMILES string of the molecule is CC[C@H](C)[C@@H]([C@@H](CC(=O)N1CCC[C@H]1[C@H](OC)[C@@H](C)C(=O)N[C@@H](CC(C)C)C(=O)COCc1ccc(NC(=O)[C@@H](C)CC(=O)CCOCCOCCC(=O)O)cc1)OC)N(C)C(=O)[C@@H](CC(=O)[C@H](C(C)C)N(C)C)C(C)C. The number of hydrogen-bond donors (Lipinski definition) is 3. The highest BCUT2D eigenvalue weighted by Gasteiger charge is 2.43. The highest BCUT2D eigenvalue weighted by atomic mass is 16.5. The first-order chi connectivity index (χ1) is 36.3. The van der Waals surface area contributed by atoms with Gasteiger partial charge < -0.3 is 49.2 Å². The lowest BCUT2D eigenvalue weighted by molar-refractivity contribution is -0.149. The van der Waals surface area contributed by atoms with Crippen molar-refractivity contribution in [3.8, 4) is 0 Å². The van der Waals surface area contributed by atoms with Crippen LogP contribution in [0.3, 0.4) is 0 Å². The minimum atomic E-state index is -0.944. The van der Waals surface area contributed by atoms with Crippen LogP contribution in [0, 0.1) is 41.4 Å². The molecule has 2 rings (SSSR count). The number of nitrogens with zero attached hydrogens (tertiary/aromatic N) is 3. The molecule has 1 heterocycles. The first kappa shape index (κ1) is 68.4. The smallest absolute Gasteiger partial charge is 0.305 e. The summed E-state index contributed by atoms with van der Waals surface area (Å²) < 4.78 is 28.5. The van der Waals surface area contributed by atoms with Crippen LogP contribution >= 0.6 is 0 Å². The molecule has 19 heteroatoms. The van der Waals surface area contributed by atoms with Crippen LogP contribution in [0.2, 0.25) is 0 Å². The number of amides is 4. The Bertz CT molecular complexity index is 2010. The zero-order valence-electron chi connectivity index (χ0n) is 49.2. The van der Waals surface area contributed by atoms with E-state index in [9.17, 15) is 38.4 Å². The minimum Gasteiger partial charge on any atom is -0.481 e. The van der Waals surface area contributed by atoms with Crippen molar-refractivity contribution in [1.29, 1.82) is 0 Å². The second-order valence-electron chi connectivity index (χ2n) is 22.4. The third kappa shape index (κ3) is 22.9. The molecule has 1 aromatic carbocycles. The van der Waals surface area contributed by atoms with E-state index in [-0.39, 0.29) is 142 Å². The average molecular weight is 1090 g/mol. The van der Waals surface area contributed by atoms with Gasteiger partial charge in [0.1, 0.15) is 12.4 Å². The molecular weight excluding hydrogens is 991 g/mol. The van der Waals surface area contributed by atoms with Crippen LogP contribution in [0.5, 0.6) is 0 Å². The Hall–Kier alpha value is -4.66. The number of carbonyl (C=O) groups is 8. The maximum absolute atomic E-state index is 14.4. The van der Waals surface area contributed by atoms with E-state index >= 15 is 0 Å². The average Bonchev–Trinajstić information content (AvgIpc) is 3.85. The van der Waals surface area contributed by atoms with Crippen molar-refractivity contribution in [2.24, 2.45) is 41.4 Å². The number of likely N-dealkylation sites (tertiary alicyclic amines) is 1. The van der Waals surface area contributed by atoms with Gasteiger partial charge in [0.15, 0.2) is 11.6 Å². The van der Waals surface area contributed by atoms with Gasteiger partial charge in [-0.3, -0.25) is 43.3 Å². The van der Waals surface area contributed by atoms with E-state index in [4.69, 9.17) is 28.8 Å². The van der Waals surface area contributed by atoms with E-state index in [1.807, 2.05) is 74.4 Å². The minimum absolute atomic E-state index is 0.00965. The number of methoxy groups -OCH3 is 2. The summed E-state index contributed by atoms with van der Waals surface area (Å²) in [6, 6.07) is 4.89. The molecule has 0 saturated carbocycles. The number of carboxylic acid groups (broad SMARTS) is 1. The molecular formula is C58H97N5O14. The first-order valence-electron chi connectivity index (χ1n) is 27.8. The van der Waals surface area contributed by atoms with Gasteiger partial charge in [0, 0.05) is 64.6 Å². The van der Waals surface area contributed by atoms with Crippen LogP contribution in [-0.4, -0.2) is 178 Å². The second kappa shape index (κ2) is 35.1. The maximum atomic E-state index is 14.4. The molecule has 0 spiro atoms. The third-order valence-electron chi connectivity index (χ3n) is 14.8. The van der Waals surface area contributed by atoms with Crippen LogP contribution < -0.4 is 10.6 Å². The van der Waals surface area contributed by atoms with Crippen molar-refractivity contribution in [2.45, 2.75) is 170 Å². The number of carbonyl (C=O) groups excluding carboxylic acids is 7. The molecule has 1 saturated heterocycles. The lowest BCUT2D eigenvalue weighted by Gasteiger charge is -2.41. The van der Waals surface area contributed by atoms with Crippen molar-refractivity contribution < 1.29 is 67.1 Å². The summed E-state index contributed by atoms with van der Waals surface area (Å²) in [5.41, 5.74) is 1.28. The molecule has 4 amide bonds. The third-order valence-corrected chi connectivity index (χ3v) is 14.8. The second-order valence-corrected chi connectivity index (χ2v) is 22.4. The van der Waals surface area contributed by atoms with Crippen LogP contribution in [0.1, 0.15) is 133 Å². The van der Waals surface area contributed by atoms with Crippen LogP contribution in [0.25, 0.3) is 0 Å². The number of likely N-dealkylation sites (N-methyl/N-ethyl adjacent to an activating group) is 2. The molecule has 0 radical (unpaired) electrons. The van der Waals surface area contributed by atoms with Gasteiger partial charge in [-0.15, -0.1) is 0 Å². The van der Waals surface area contributed by atoms with E-state index in [0.29, 0.717) is 31.5 Å². The summed E-state index contributed by atoms with van der Waals surface area (Å²) in [6.07, 6.45) is 1.24. The highest BCUT2D eigenvalue weighted by molar-refractivity contribution is 5.95. The molecule has 10 atom stereocenters. The zero-order valence-corrected chi connectivity index (χ0v) is 49.2. The van der Waals surface area contributed by atoms with Crippen molar-refractivity contribution in [1.82, 2.24) is 20.0 Å². The maximum Gasteiger partial charge on any atom is 0.305 e. The Kier molecular flexibility index (Phi) is 31.2. The Morgan fingerprint density at radius 2 is 1.38 bits per heavy atom. The molecule has 19 nitrogen and oxygen atoms in total. The number of aliphatic carboxylic acids is 1. The largest absolute Gasteiger partial charge is 0.481 e. The molecule has 0 bridgehead atoms. The van der Waals surface area contributed by atoms with Crippen LogP contribution in [0.4, 0.5) is 5.69 Å². The molecule has 1 aliphatic rings. The molecule has 1 aliphatic heterocycles. The summed E-state index contributed by atoms with van der Waals surface area (Å²) in [5.74, 6) is -4.26. The van der Waals surface area contributed by atoms with E-state index in [1.165, 1.54) is 7.11 Å². The van der Waals surface area contributed by atoms with Crippen molar-refractivity contribution in [3.05, 3.63) is 29.8 Å². The molecule has 1 aromatic rings. The van der Waals surface area contributed by atoms with Gasteiger partial charge in [-0.1, -0.05) is 87.8 Å². The van der Waals surface area contributed by atoms with Gasteiger partial charge in [-0.05, 0) is 74.7 Å². The van der Waals surface area contributed by atoms with Crippen LogP contribution in [0.15, 0.2) is 24.3 Å². The van der Waals surface area contributed by atoms with E-state index in [0.717, 1.165) is 12.0 Å². The predicted molar refractivity (Wildman–Crippen MR) is 295 cm³/mol. The molecule has 0 aromatic heterocycles. The quantitative estimate of drug-likeness (QED) is 0.0599. The Labute approximate surface area is 459 Å². The number of benzene rings is 1. The Morgan fingerprint density at radius 1 is 0.753 bits per heavy atom. The normalized spacial score (nSPS) is 17.3. The molecule has 0 aliphatic carbocycles.